The van der Waals surface area contributed by atoms with Crippen molar-refractivity contribution in [1.82, 2.24) is 15.1 Å². The molecule has 0 radical (unpaired) electrons. The second-order valence-corrected chi connectivity index (χ2v) is 3.74. The number of nitrogens with one attached hydrogen (secondary N) is 1. The van der Waals surface area contributed by atoms with E-state index >= 15 is 0 Å². The molecule has 0 fully saturated rings. The molecule has 4 heteroatoms. The minimum absolute atomic E-state index is 0.243. The average Bonchev–Trinajstić information content (AvgIpc) is 2.66. The van der Waals surface area contributed by atoms with E-state index in [4.69, 9.17) is 0 Å². The molecule has 0 aromatic carbocycles. The normalized spacial score (nSPS) is 13.0. The summed E-state index contributed by atoms with van der Waals surface area (Å²) in [5, 5.41) is 16.8. The molecule has 15 heavy (non-hydrogen) atoms. The molecule has 1 rings (SSSR count). The molecule has 0 saturated heterocycles. The van der Waals surface area contributed by atoms with Crippen LogP contribution in [0.2, 0.25) is 0 Å². The number of aliphatic hydroxyl groups excluding tert-OH is 1. The topological polar surface area (TPSA) is 50.1 Å². The highest BCUT2D eigenvalue weighted by atomic mass is 16.3. The second-order valence-electron chi connectivity index (χ2n) is 3.74. The van der Waals surface area contributed by atoms with Gasteiger partial charge in [0.25, 0.3) is 0 Å². The van der Waals surface area contributed by atoms with Crippen LogP contribution in [0.5, 0.6) is 0 Å². The van der Waals surface area contributed by atoms with Crippen LogP contribution in [0.25, 0.3) is 0 Å². The van der Waals surface area contributed by atoms with Crippen molar-refractivity contribution in [3.63, 3.8) is 0 Å². The summed E-state index contributed by atoms with van der Waals surface area (Å²) < 4.78 is 2.01. The molecule has 0 bridgehead atoms. The van der Waals surface area contributed by atoms with Gasteiger partial charge in [-0.2, -0.15) is 5.10 Å². The first-order chi connectivity index (χ1) is 7.27. The number of aryl methyl sites for hydroxylation is 1. The van der Waals surface area contributed by atoms with E-state index in [1.807, 2.05) is 23.9 Å². The van der Waals surface area contributed by atoms with Crippen molar-refractivity contribution < 1.29 is 5.11 Å². The van der Waals surface area contributed by atoms with Crippen LogP contribution in [-0.2, 0) is 13.1 Å². The van der Waals surface area contributed by atoms with Gasteiger partial charge < -0.3 is 10.4 Å². The molecular formula is C11H21N3O. The third-order valence-electron chi connectivity index (χ3n) is 2.40. The van der Waals surface area contributed by atoms with Crippen LogP contribution >= 0.6 is 0 Å². The summed E-state index contributed by atoms with van der Waals surface area (Å²) in [6.45, 7) is 6.50. The molecule has 0 amide bonds. The molecule has 1 aromatic rings. The van der Waals surface area contributed by atoms with E-state index < -0.39 is 0 Å². The van der Waals surface area contributed by atoms with Gasteiger partial charge in [0.1, 0.15) is 0 Å². The van der Waals surface area contributed by atoms with Gasteiger partial charge in [0.15, 0.2) is 0 Å². The lowest BCUT2D eigenvalue weighted by molar-refractivity contribution is 0.166. The van der Waals surface area contributed by atoms with Gasteiger partial charge in [-0.25, -0.2) is 0 Å². The molecule has 1 heterocycles. The van der Waals surface area contributed by atoms with E-state index in [2.05, 4.69) is 17.3 Å². The molecule has 4 nitrogen and oxygen atoms in total. The van der Waals surface area contributed by atoms with Crippen molar-refractivity contribution >= 4 is 0 Å². The average molecular weight is 211 g/mol. The molecule has 0 aliphatic carbocycles. The summed E-state index contributed by atoms with van der Waals surface area (Å²) >= 11 is 0. The highest BCUT2D eigenvalue weighted by Gasteiger charge is 2.03. The van der Waals surface area contributed by atoms with Gasteiger partial charge in [0.2, 0.25) is 0 Å². The maximum Gasteiger partial charge on any atom is 0.0662 e. The molecule has 1 atom stereocenters. The number of hydrogen-bond acceptors (Lipinski definition) is 3. The van der Waals surface area contributed by atoms with E-state index in [0.29, 0.717) is 6.54 Å². The maximum absolute atomic E-state index is 9.37. The van der Waals surface area contributed by atoms with E-state index in [-0.39, 0.29) is 6.10 Å². The number of aromatic nitrogens is 2. The predicted octanol–water partition coefficient (Wildman–Crippen LogP) is 1.15. The smallest absolute Gasteiger partial charge is 0.0662 e. The molecule has 1 unspecified atom stereocenters. The Hall–Kier alpha value is -0.870. The fraction of sp³-hybridized carbons (Fsp3) is 0.727. The van der Waals surface area contributed by atoms with Gasteiger partial charge in [-0.15, -0.1) is 0 Å². The SMILES string of the molecule is CCCn1nccc1CNCC(O)CC. The summed E-state index contributed by atoms with van der Waals surface area (Å²) in [6, 6.07) is 2.01. The number of rotatable bonds is 7. The molecule has 2 N–H and O–H groups in total. The second kappa shape index (κ2) is 6.58. The fourth-order valence-electron chi connectivity index (χ4n) is 1.43. The largest absolute Gasteiger partial charge is 0.392 e. The van der Waals surface area contributed by atoms with Crippen molar-refractivity contribution in [1.29, 1.82) is 0 Å². The van der Waals surface area contributed by atoms with E-state index in [1.54, 1.807) is 0 Å². The molecular weight excluding hydrogens is 190 g/mol. The molecule has 0 saturated carbocycles. The van der Waals surface area contributed by atoms with Crippen molar-refractivity contribution in [2.75, 3.05) is 6.54 Å². The van der Waals surface area contributed by atoms with E-state index in [9.17, 15) is 5.11 Å². The lowest BCUT2D eigenvalue weighted by Crippen LogP contribution is -2.26. The minimum Gasteiger partial charge on any atom is -0.392 e. The molecule has 1 aromatic heterocycles. The van der Waals surface area contributed by atoms with Gasteiger partial charge in [-0.3, -0.25) is 4.68 Å². The zero-order valence-corrected chi connectivity index (χ0v) is 9.61. The van der Waals surface area contributed by atoms with Crippen LogP contribution in [0.15, 0.2) is 12.3 Å². The zero-order chi connectivity index (χ0) is 11.1. The molecule has 0 spiro atoms. The first-order valence-electron chi connectivity index (χ1n) is 5.67. The first kappa shape index (κ1) is 12.2. The summed E-state index contributed by atoms with van der Waals surface area (Å²) in [7, 11) is 0. The van der Waals surface area contributed by atoms with Crippen molar-refractivity contribution in [2.45, 2.75) is 45.9 Å². The van der Waals surface area contributed by atoms with Crippen molar-refractivity contribution in [3.8, 4) is 0 Å². The van der Waals surface area contributed by atoms with Crippen molar-refractivity contribution in [3.05, 3.63) is 18.0 Å². The summed E-state index contributed by atoms with van der Waals surface area (Å²) in [4.78, 5) is 0. The Kier molecular flexibility index (Phi) is 5.36. The zero-order valence-electron chi connectivity index (χ0n) is 9.61. The fourth-order valence-corrected chi connectivity index (χ4v) is 1.43. The Balaban J connectivity index is 2.33. The van der Waals surface area contributed by atoms with E-state index in [0.717, 1.165) is 25.9 Å². The number of hydrogen-bond donors (Lipinski definition) is 2. The Morgan fingerprint density at radius 3 is 3.00 bits per heavy atom. The number of nitrogens with zero attached hydrogens (tertiary/aromatic N) is 2. The molecule has 0 aliphatic heterocycles. The third kappa shape index (κ3) is 4.01. The minimum atomic E-state index is -0.243. The van der Waals surface area contributed by atoms with Crippen LogP contribution in [0, 0.1) is 0 Å². The standard InChI is InChI=1S/C11H21N3O/c1-3-7-14-10(5-6-13-14)8-12-9-11(15)4-2/h5-6,11-12,15H,3-4,7-9H2,1-2H3. The quantitative estimate of drug-likeness (QED) is 0.711. The van der Waals surface area contributed by atoms with Gasteiger partial charge in [-0.05, 0) is 18.9 Å². The van der Waals surface area contributed by atoms with Crippen LogP contribution in [0.1, 0.15) is 32.4 Å². The van der Waals surface area contributed by atoms with Gasteiger partial charge in [0.05, 0.1) is 11.8 Å². The molecule has 86 valence electrons. The van der Waals surface area contributed by atoms with Gasteiger partial charge in [0, 0.05) is 25.8 Å². The molecule has 0 aliphatic rings. The van der Waals surface area contributed by atoms with Gasteiger partial charge >= 0.3 is 0 Å². The number of aliphatic hydroxyl groups is 1. The predicted molar refractivity (Wildman–Crippen MR) is 60.5 cm³/mol. The lowest BCUT2D eigenvalue weighted by Gasteiger charge is -2.10. The Bertz CT molecular complexity index is 273. The maximum atomic E-state index is 9.37. The van der Waals surface area contributed by atoms with Crippen LogP contribution in [0.4, 0.5) is 0 Å². The monoisotopic (exact) mass is 211 g/mol. The third-order valence-corrected chi connectivity index (χ3v) is 2.40. The Morgan fingerprint density at radius 2 is 2.33 bits per heavy atom. The first-order valence-corrected chi connectivity index (χ1v) is 5.67. The van der Waals surface area contributed by atoms with Crippen LogP contribution in [-0.4, -0.2) is 27.5 Å². The lowest BCUT2D eigenvalue weighted by atomic mass is 10.3. The Morgan fingerprint density at radius 1 is 1.53 bits per heavy atom. The summed E-state index contributed by atoms with van der Waals surface area (Å²) in [5.41, 5.74) is 1.18. The van der Waals surface area contributed by atoms with Gasteiger partial charge in [-0.1, -0.05) is 13.8 Å². The highest BCUT2D eigenvalue weighted by molar-refractivity contribution is 4.99. The van der Waals surface area contributed by atoms with Crippen molar-refractivity contribution in [2.24, 2.45) is 0 Å². The van der Waals surface area contributed by atoms with Crippen LogP contribution in [0.3, 0.4) is 0 Å². The Labute approximate surface area is 91.3 Å². The van der Waals surface area contributed by atoms with Crippen LogP contribution < -0.4 is 5.32 Å². The van der Waals surface area contributed by atoms with E-state index in [1.165, 1.54) is 5.69 Å². The highest BCUT2D eigenvalue weighted by Crippen LogP contribution is 2.00. The summed E-state index contributed by atoms with van der Waals surface area (Å²) in [5.74, 6) is 0. The summed E-state index contributed by atoms with van der Waals surface area (Å²) in [6.07, 6.45) is 3.46.